The second kappa shape index (κ2) is 7.53. The molecular formula is C16H20ClN3O4. The Balaban J connectivity index is 2.23. The third-order valence-corrected chi connectivity index (χ3v) is 4.44. The van der Waals surface area contributed by atoms with Gasteiger partial charge in [-0.2, -0.15) is 0 Å². The van der Waals surface area contributed by atoms with Gasteiger partial charge in [-0.15, -0.1) is 0 Å². The van der Waals surface area contributed by atoms with E-state index in [0.717, 1.165) is 0 Å². The average Bonchev–Trinajstić information content (AvgIpc) is 2.97. The van der Waals surface area contributed by atoms with Gasteiger partial charge < -0.3 is 15.7 Å². The number of halogens is 1. The maximum absolute atomic E-state index is 12.4. The Kier molecular flexibility index (Phi) is 5.66. The molecule has 0 aromatic heterocycles. The minimum atomic E-state index is -1.08. The van der Waals surface area contributed by atoms with E-state index in [1.807, 2.05) is 6.92 Å². The van der Waals surface area contributed by atoms with Crippen LogP contribution in [0.1, 0.15) is 30.6 Å². The van der Waals surface area contributed by atoms with Crippen molar-refractivity contribution in [3.05, 3.63) is 28.8 Å². The standard InChI is InChI=1S/C16H20ClN3O4/c1-3-9(2)13(15(22)23)19-14(21)10-4-5-11(17)12(8-10)20-7-6-18-16(20)24/h4-5,8-9,13H,3,6-7H2,1-2H3,(H,18,24)(H,19,21)(H,22,23). The largest absolute Gasteiger partial charge is 0.480 e. The van der Waals surface area contributed by atoms with E-state index in [4.69, 9.17) is 11.6 Å². The molecule has 0 radical (unpaired) electrons. The van der Waals surface area contributed by atoms with Gasteiger partial charge in [-0.1, -0.05) is 31.9 Å². The summed E-state index contributed by atoms with van der Waals surface area (Å²) in [7, 11) is 0. The van der Waals surface area contributed by atoms with Gasteiger partial charge in [0.05, 0.1) is 10.7 Å². The van der Waals surface area contributed by atoms with Crippen molar-refractivity contribution in [3.8, 4) is 0 Å². The number of rotatable bonds is 6. The predicted octanol–water partition coefficient (Wildman–Crippen LogP) is 2.10. The summed E-state index contributed by atoms with van der Waals surface area (Å²) in [6, 6.07) is 3.27. The van der Waals surface area contributed by atoms with Gasteiger partial charge in [0.15, 0.2) is 0 Å². The fourth-order valence-electron chi connectivity index (χ4n) is 2.47. The van der Waals surface area contributed by atoms with Crippen molar-refractivity contribution in [1.29, 1.82) is 0 Å². The van der Waals surface area contributed by atoms with Gasteiger partial charge >= 0.3 is 12.0 Å². The van der Waals surface area contributed by atoms with Crippen LogP contribution in [0.3, 0.4) is 0 Å². The number of hydrogen-bond acceptors (Lipinski definition) is 3. The normalized spacial score (nSPS) is 16.5. The zero-order valence-electron chi connectivity index (χ0n) is 13.5. The summed E-state index contributed by atoms with van der Waals surface area (Å²) in [5.74, 6) is -1.80. The number of hydrogen-bond donors (Lipinski definition) is 3. The molecule has 1 aromatic carbocycles. The smallest absolute Gasteiger partial charge is 0.326 e. The highest BCUT2D eigenvalue weighted by atomic mass is 35.5. The molecular weight excluding hydrogens is 334 g/mol. The molecule has 1 aromatic rings. The van der Waals surface area contributed by atoms with Crippen LogP contribution in [0, 0.1) is 5.92 Å². The fraction of sp³-hybridized carbons (Fsp3) is 0.438. The SMILES string of the molecule is CCC(C)C(NC(=O)c1ccc(Cl)c(N2CCNC2=O)c1)C(=O)O. The highest BCUT2D eigenvalue weighted by Gasteiger charge is 2.27. The molecule has 0 bridgehead atoms. The van der Waals surface area contributed by atoms with Crippen molar-refractivity contribution < 1.29 is 19.5 Å². The van der Waals surface area contributed by atoms with Crippen LogP contribution >= 0.6 is 11.6 Å². The lowest BCUT2D eigenvalue weighted by Crippen LogP contribution is -2.45. The Morgan fingerprint density at radius 2 is 2.17 bits per heavy atom. The second-order valence-corrected chi connectivity index (χ2v) is 6.13. The molecule has 2 rings (SSSR count). The first-order valence-electron chi connectivity index (χ1n) is 7.73. The molecule has 130 valence electrons. The Morgan fingerprint density at radius 3 is 2.71 bits per heavy atom. The molecule has 3 amide bonds. The van der Waals surface area contributed by atoms with E-state index in [2.05, 4.69) is 10.6 Å². The molecule has 1 aliphatic rings. The number of benzene rings is 1. The molecule has 0 spiro atoms. The Labute approximate surface area is 145 Å². The van der Waals surface area contributed by atoms with E-state index >= 15 is 0 Å². The Morgan fingerprint density at radius 1 is 1.46 bits per heavy atom. The molecule has 0 saturated carbocycles. The number of carboxylic acid groups (broad SMARTS) is 1. The van der Waals surface area contributed by atoms with Crippen LogP contribution in [0.15, 0.2) is 18.2 Å². The lowest BCUT2D eigenvalue weighted by molar-refractivity contribution is -0.140. The third kappa shape index (κ3) is 3.79. The lowest BCUT2D eigenvalue weighted by Gasteiger charge is -2.21. The lowest BCUT2D eigenvalue weighted by atomic mass is 9.99. The number of nitrogens with zero attached hydrogens (tertiary/aromatic N) is 1. The van der Waals surface area contributed by atoms with Crippen molar-refractivity contribution in [2.75, 3.05) is 18.0 Å². The van der Waals surface area contributed by atoms with Crippen molar-refractivity contribution >= 4 is 35.2 Å². The molecule has 24 heavy (non-hydrogen) atoms. The van der Waals surface area contributed by atoms with E-state index in [9.17, 15) is 19.5 Å². The fourth-order valence-corrected chi connectivity index (χ4v) is 2.69. The summed E-state index contributed by atoms with van der Waals surface area (Å²) < 4.78 is 0. The van der Waals surface area contributed by atoms with Gasteiger partial charge in [-0.3, -0.25) is 9.69 Å². The zero-order valence-corrected chi connectivity index (χ0v) is 14.3. The van der Waals surface area contributed by atoms with Crippen LogP contribution < -0.4 is 15.5 Å². The number of carbonyl (C=O) groups excluding carboxylic acids is 2. The monoisotopic (exact) mass is 353 g/mol. The van der Waals surface area contributed by atoms with Crippen LogP contribution in [-0.2, 0) is 4.79 Å². The minimum absolute atomic E-state index is 0.206. The summed E-state index contributed by atoms with van der Waals surface area (Å²) >= 11 is 6.13. The van der Waals surface area contributed by atoms with Crippen molar-refractivity contribution in [3.63, 3.8) is 0 Å². The van der Waals surface area contributed by atoms with Crippen LogP contribution in [0.2, 0.25) is 5.02 Å². The number of aliphatic carboxylic acids is 1. The van der Waals surface area contributed by atoms with Gasteiger partial charge in [0.2, 0.25) is 0 Å². The summed E-state index contributed by atoms with van der Waals surface area (Å²) in [5.41, 5.74) is 0.679. The maximum atomic E-state index is 12.4. The van der Waals surface area contributed by atoms with Crippen molar-refractivity contribution in [2.24, 2.45) is 5.92 Å². The van der Waals surface area contributed by atoms with Gasteiger partial charge in [0.1, 0.15) is 6.04 Å². The summed E-state index contributed by atoms with van der Waals surface area (Å²) in [6.07, 6.45) is 0.622. The first-order valence-corrected chi connectivity index (χ1v) is 8.11. The Hall–Kier alpha value is -2.28. The van der Waals surface area contributed by atoms with Gasteiger partial charge in [-0.25, -0.2) is 9.59 Å². The summed E-state index contributed by atoms with van der Waals surface area (Å²) in [5, 5.41) is 14.8. The molecule has 0 aliphatic carbocycles. The summed E-state index contributed by atoms with van der Waals surface area (Å²) in [6.45, 7) is 4.58. The molecule has 8 heteroatoms. The zero-order chi connectivity index (χ0) is 17.9. The van der Waals surface area contributed by atoms with E-state index in [0.29, 0.717) is 30.2 Å². The maximum Gasteiger partial charge on any atom is 0.326 e. The highest BCUT2D eigenvalue weighted by Crippen LogP contribution is 2.28. The van der Waals surface area contributed by atoms with Crippen LogP contribution in [0.4, 0.5) is 10.5 Å². The van der Waals surface area contributed by atoms with E-state index in [1.165, 1.54) is 23.1 Å². The quantitative estimate of drug-likeness (QED) is 0.729. The number of urea groups is 1. The number of anilines is 1. The number of nitrogens with one attached hydrogen (secondary N) is 2. The third-order valence-electron chi connectivity index (χ3n) is 4.12. The topological polar surface area (TPSA) is 98.7 Å². The van der Waals surface area contributed by atoms with Gasteiger partial charge in [0.25, 0.3) is 5.91 Å². The minimum Gasteiger partial charge on any atom is -0.480 e. The average molecular weight is 354 g/mol. The number of carbonyl (C=O) groups is 3. The highest BCUT2D eigenvalue weighted by molar-refractivity contribution is 6.34. The van der Waals surface area contributed by atoms with Crippen LogP contribution in [-0.4, -0.2) is 42.1 Å². The molecule has 7 nitrogen and oxygen atoms in total. The first kappa shape index (κ1) is 18.1. The molecule has 1 saturated heterocycles. The van der Waals surface area contributed by atoms with E-state index in [1.54, 1.807) is 6.92 Å². The Bertz CT molecular complexity index is 665. The molecule has 1 heterocycles. The molecule has 1 aliphatic heterocycles. The molecule has 2 unspecified atom stereocenters. The number of carboxylic acids is 1. The molecule has 1 fully saturated rings. The van der Waals surface area contributed by atoms with E-state index in [-0.39, 0.29) is 17.5 Å². The second-order valence-electron chi connectivity index (χ2n) is 5.72. The van der Waals surface area contributed by atoms with Crippen molar-refractivity contribution in [1.82, 2.24) is 10.6 Å². The van der Waals surface area contributed by atoms with E-state index < -0.39 is 17.9 Å². The molecule has 2 atom stereocenters. The van der Waals surface area contributed by atoms with Gasteiger partial charge in [0, 0.05) is 18.7 Å². The predicted molar refractivity (Wildman–Crippen MR) is 90.5 cm³/mol. The van der Waals surface area contributed by atoms with Crippen LogP contribution in [0.25, 0.3) is 0 Å². The summed E-state index contributed by atoms with van der Waals surface area (Å²) in [4.78, 5) is 37.0. The number of amides is 3. The molecule has 3 N–H and O–H groups in total. The first-order chi connectivity index (χ1) is 11.3. The van der Waals surface area contributed by atoms with Crippen molar-refractivity contribution in [2.45, 2.75) is 26.3 Å². The van der Waals surface area contributed by atoms with Gasteiger partial charge in [-0.05, 0) is 24.1 Å². The van der Waals surface area contributed by atoms with Crippen LogP contribution in [0.5, 0.6) is 0 Å².